The van der Waals surface area contributed by atoms with Crippen LogP contribution in [0.4, 0.5) is 0 Å². The van der Waals surface area contributed by atoms with Gasteiger partial charge in [-0.1, -0.05) is 18.9 Å². The molecule has 1 aliphatic carbocycles. The molecule has 7 nitrogen and oxygen atoms in total. The van der Waals surface area contributed by atoms with Crippen molar-refractivity contribution in [2.45, 2.75) is 37.5 Å². The Balaban J connectivity index is 1.52. The van der Waals surface area contributed by atoms with Gasteiger partial charge in [0, 0.05) is 25.1 Å². The largest absolute Gasteiger partial charge is 0.351 e. The number of sulfone groups is 1. The van der Waals surface area contributed by atoms with E-state index in [2.05, 4.69) is 15.3 Å². The molecular formula is C16H20N4O3S. The topological polar surface area (TPSA) is 94.0 Å². The Labute approximate surface area is 141 Å². The molecule has 0 unspecified atom stereocenters. The summed E-state index contributed by atoms with van der Waals surface area (Å²) in [6, 6.07) is 3.66. The SMILES string of the molecule is O=C(CS(=O)(=O)C1CCCC1)NCc1ccc(-n2ccnc2)nc1. The average Bonchev–Trinajstić information content (AvgIpc) is 3.26. The van der Waals surface area contributed by atoms with Crippen LogP contribution in [0.5, 0.6) is 0 Å². The van der Waals surface area contributed by atoms with Crippen molar-refractivity contribution in [2.75, 3.05) is 5.75 Å². The predicted molar refractivity (Wildman–Crippen MR) is 89.2 cm³/mol. The zero-order valence-corrected chi connectivity index (χ0v) is 14.1. The number of hydrogen-bond donors (Lipinski definition) is 1. The van der Waals surface area contributed by atoms with Gasteiger partial charge in [0.2, 0.25) is 5.91 Å². The molecule has 0 aliphatic heterocycles. The van der Waals surface area contributed by atoms with Gasteiger partial charge in [0.15, 0.2) is 9.84 Å². The van der Waals surface area contributed by atoms with E-state index in [1.165, 1.54) is 0 Å². The van der Waals surface area contributed by atoms with Crippen molar-refractivity contribution in [3.05, 3.63) is 42.6 Å². The highest BCUT2D eigenvalue weighted by atomic mass is 32.2. The number of carbonyl (C=O) groups excluding carboxylic acids is 1. The second kappa shape index (κ2) is 7.12. The molecule has 0 saturated heterocycles. The molecule has 8 heteroatoms. The summed E-state index contributed by atoms with van der Waals surface area (Å²) < 4.78 is 26.1. The first-order valence-electron chi connectivity index (χ1n) is 7.96. The lowest BCUT2D eigenvalue weighted by Gasteiger charge is -2.11. The van der Waals surface area contributed by atoms with Gasteiger partial charge in [0.25, 0.3) is 0 Å². The molecule has 1 fully saturated rings. The Morgan fingerprint density at radius 1 is 1.29 bits per heavy atom. The van der Waals surface area contributed by atoms with E-state index in [-0.39, 0.29) is 11.8 Å². The molecule has 1 amide bonds. The second-order valence-electron chi connectivity index (χ2n) is 5.98. The van der Waals surface area contributed by atoms with Gasteiger partial charge < -0.3 is 5.32 Å². The van der Waals surface area contributed by atoms with E-state index in [0.29, 0.717) is 12.8 Å². The minimum absolute atomic E-state index is 0.260. The lowest BCUT2D eigenvalue weighted by molar-refractivity contribution is -0.118. The molecule has 0 bridgehead atoms. The number of amides is 1. The third-order valence-electron chi connectivity index (χ3n) is 4.21. The fourth-order valence-electron chi connectivity index (χ4n) is 2.87. The number of rotatable bonds is 6. The zero-order chi connectivity index (χ0) is 17.0. The van der Waals surface area contributed by atoms with Crippen LogP contribution in [-0.4, -0.2) is 39.9 Å². The molecule has 0 atom stereocenters. The van der Waals surface area contributed by atoms with Crippen LogP contribution in [0.15, 0.2) is 37.1 Å². The Morgan fingerprint density at radius 2 is 2.08 bits per heavy atom. The van der Waals surface area contributed by atoms with Crippen LogP contribution >= 0.6 is 0 Å². The first-order valence-corrected chi connectivity index (χ1v) is 9.68. The van der Waals surface area contributed by atoms with Crippen LogP contribution in [0.25, 0.3) is 5.82 Å². The van der Waals surface area contributed by atoms with Crippen LogP contribution in [0, 0.1) is 0 Å². The number of aromatic nitrogens is 3. The molecule has 24 heavy (non-hydrogen) atoms. The fraction of sp³-hybridized carbons (Fsp3) is 0.438. The highest BCUT2D eigenvalue weighted by Gasteiger charge is 2.30. The lowest BCUT2D eigenvalue weighted by Crippen LogP contribution is -2.33. The number of imidazole rings is 1. The summed E-state index contributed by atoms with van der Waals surface area (Å²) in [5, 5.41) is 2.31. The van der Waals surface area contributed by atoms with Gasteiger partial charge in [-0.15, -0.1) is 0 Å². The number of nitrogens with zero attached hydrogens (tertiary/aromatic N) is 3. The first-order chi connectivity index (χ1) is 11.5. The van der Waals surface area contributed by atoms with E-state index in [1.54, 1.807) is 29.5 Å². The van der Waals surface area contributed by atoms with Crippen molar-refractivity contribution in [3.8, 4) is 5.82 Å². The summed E-state index contributed by atoms with van der Waals surface area (Å²) in [5.74, 6) is -0.162. The van der Waals surface area contributed by atoms with Crippen molar-refractivity contribution < 1.29 is 13.2 Å². The van der Waals surface area contributed by atoms with E-state index in [1.807, 2.05) is 12.1 Å². The molecule has 3 rings (SSSR count). The van der Waals surface area contributed by atoms with E-state index < -0.39 is 21.5 Å². The van der Waals surface area contributed by atoms with E-state index in [4.69, 9.17) is 0 Å². The van der Waals surface area contributed by atoms with Crippen LogP contribution < -0.4 is 5.32 Å². The standard InChI is InChI=1S/C16H20N4O3S/c21-16(11-24(22,23)14-3-1-2-4-14)19-10-13-5-6-15(18-9-13)20-8-7-17-12-20/h5-9,12,14H,1-4,10-11H2,(H,19,21). The minimum atomic E-state index is -3.34. The normalized spacial score (nSPS) is 15.5. The first kappa shape index (κ1) is 16.6. The van der Waals surface area contributed by atoms with E-state index in [0.717, 1.165) is 24.2 Å². The van der Waals surface area contributed by atoms with Crippen molar-refractivity contribution in [2.24, 2.45) is 0 Å². The summed E-state index contributed by atoms with van der Waals surface area (Å²) in [6.07, 6.45) is 9.97. The Morgan fingerprint density at radius 3 is 2.71 bits per heavy atom. The minimum Gasteiger partial charge on any atom is -0.351 e. The second-order valence-corrected chi connectivity index (χ2v) is 8.27. The van der Waals surface area contributed by atoms with Gasteiger partial charge in [0.05, 0.1) is 5.25 Å². The van der Waals surface area contributed by atoms with Gasteiger partial charge in [-0.25, -0.2) is 18.4 Å². The molecule has 1 aliphatic rings. The van der Waals surface area contributed by atoms with Crippen LogP contribution in [-0.2, 0) is 21.2 Å². The fourth-order valence-corrected chi connectivity index (χ4v) is 4.62. The van der Waals surface area contributed by atoms with Crippen LogP contribution in [0.2, 0.25) is 0 Å². The van der Waals surface area contributed by atoms with Crippen molar-refractivity contribution >= 4 is 15.7 Å². The maximum Gasteiger partial charge on any atom is 0.235 e. The van der Waals surface area contributed by atoms with Gasteiger partial charge in [0.1, 0.15) is 17.9 Å². The number of hydrogen-bond acceptors (Lipinski definition) is 5. The smallest absolute Gasteiger partial charge is 0.235 e. The van der Waals surface area contributed by atoms with Gasteiger partial charge in [-0.05, 0) is 24.5 Å². The summed E-state index contributed by atoms with van der Waals surface area (Å²) in [6.45, 7) is 0.260. The highest BCUT2D eigenvalue weighted by molar-refractivity contribution is 7.92. The van der Waals surface area contributed by atoms with Crippen molar-refractivity contribution in [1.82, 2.24) is 19.9 Å². The maximum absolute atomic E-state index is 12.1. The number of carbonyl (C=O) groups is 1. The third kappa shape index (κ3) is 4.00. The maximum atomic E-state index is 12.1. The molecular weight excluding hydrogens is 328 g/mol. The van der Waals surface area contributed by atoms with Gasteiger partial charge in [-0.2, -0.15) is 0 Å². The highest BCUT2D eigenvalue weighted by Crippen LogP contribution is 2.25. The molecule has 2 aromatic heterocycles. The van der Waals surface area contributed by atoms with E-state index in [9.17, 15) is 13.2 Å². The van der Waals surface area contributed by atoms with Crippen LogP contribution in [0.1, 0.15) is 31.2 Å². The molecule has 0 radical (unpaired) electrons. The number of nitrogens with one attached hydrogen (secondary N) is 1. The molecule has 2 heterocycles. The van der Waals surface area contributed by atoms with Gasteiger partial charge >= 0.3 is 0 Å². The van der Waals surface area contributed by atoms with E-state index >= 15 is 0 Å². The quantitative estimate of drug-likeness (QED) is 0.848. The van der Waals surface area contributed by atoms with Crippen molar-refractivity contribution in [3.63, 3.8) is 0 Å². The predicted octanol–water partition coefficient (Wildman–Crippen LogP) is 1.24. The Kier molecular flexibility index (Phi) is 4.94. The summed E-state index contributed by atoms with van der Waals surface area (Å²) in [5.41, 5.74) is 0.811. The van der Waals surface area contributed by atoms with Crippen LogP contribution in [0.3, 0.4) is 0 Å². The number of pyridine rings is 1. The summed E-state index contributed by atoms with van der Waals surface area (Å²) in [7, 11) is -3.34. The van der Waals surface area contributed by atoms with Crippen molar-refractivity contribution in [1.29, 1.82) is 0 Å². The molecule has 1 saturated carbocycles. The molecule has 0 aromatic carbocycles. The molecule has 1 N–H and O–H groups in total. The molecule has 128 valence electrons. The third-order valence-corrected chi connectivity index (χ3v) is 6.36. The average molecular weight is 348 g/mol. The van der Waals surface area contributed by atoms with Gasteiger partial charge in [-0.3, -0.25) is 9.36 Å². The molecule has 2 aromatic rings. The molecule has 0 spiro atoms. The summed E-state index contributed by atoms with van der Waals surface area (Å²) in [4.78, 5) is 20.2. The zero-order valence-electron chi connectivity index (χ0n) is 13.3. The Hall–Kier alpha value is -2.22. The summed E-state index contributed by atoms with van der Waals surface area (Å²) >= 11 is 0. The lowest BCUT2D eigenvalue weighted by atomic mass is 10.3. The Bertz CT molecular complexity index is 779. The monoisotopic (exact) mass is 348 g/mol.